The van der Waals surface area contributed by atoms with Gasteiger partial charge in [0.15, 0.2) is 0 Å². The first kappa shape index (κ1) is 18.1. The molecule has 1 fully saturated rings. The molecule has 0 aliphatic carbocycles. The maximum atomic E-state index is 11.7. The molecule has 0 spiro atoms. The van der Waals surface area contributed by atoms with Crippen LogP contribution < -0.4 is 14.8 Å². The van der Waals surface area contributed by atoms with Crippen LogP contribution in [-0.4, -0.2) is 24.4 Å². The Labute approximate surface area is 156 Å². The van der Waals surface area contributed by atoms with E-state index >= 15 is 0 Å². The molecule has 134 valence electrons. The number of ether oxygens (including phenoxy) is 2. The Morgan fingerprint density at radius 3 is 2.38 bits per heavy atom. The first-order valence-electron chi connectivity index (χ1n) is 8.19. The van der Waals surface area contributed by atoms with E-state index in [0.717, 1.165) is 34.2 Å². The summed E-state index contributed by atoms with van der Waals surface area (Å²) in [6.07, 6.45) is 1.66. The SMILES string of the molecule is Cc1cc(C)cc(OCCOc2ccccc2C=C2SC(=O)NC2=O)c1. The predicted molar refractivity (Wildman–Crippen MR) is 102 cm³/mol. The van der Waals surface area contributed by atoms with Crippen molar-refractivity contribution in [1.29, 1.82) is 0 Å². The molecule has 1 N–H and O–H groups in total. The third-order valence-electron chi connectivity index (χ3n) is 3.65. The monoisotopic (exact) mass is 369 g/mol. The van der Waals surface area contributed by atoms with Crippen LogP contribution in [0.3, 0.4) is 0 Å². The van der Waals surface area contributed by atoms with Gasteiger partial charge in [-0.1, -0.05) is 24.3 Å². The number of thioether (sulfide) groups is 1. The van der Waals surface area contributed by atoms with Crippen molar-refractivity contribution >= 4 is 29.0 Å². The van der Waals surface area contributed by atoms with Crippen molar-refractivity contribution in [3.63, 3.8) is 0 Å². The number of benzene rings is 2. The van der Waals surface area contributed by atoms with E-state index < -0.39 is 0 Å². The number of carbonyl (C=O) groups excluding carboxylic acids is 2. The van der Waals surface area contributed by atoms with Gasteiger partial charge >= 0.3 is 0 Å². The van der Waals surface area contributed by atoms with Crippen molar-refractivity contribution < 1.29 is 19.1 Å². The van der Waals surface area contributed by atoms with Gasteiger partial charge in [-0.25, -0.2) is 0 Å². The van der Waals surface area contributed by atoms with Crippen molar-refractivity contribution in [3.8, 4) is 11.5 Å². The van der Waals surface area contributed by atoms with Crippen LogP contribution in [0.1, 0.15) is 16.7 Å². The number of carbonyl (C=O) groups is 2. The number of hydrogen-bond acceptors (Lipinski definition) is 5. The summed E-state index contributed by atoms with van der Waals surface area (Å²) in [5.74, 6) is 1.07. The first-order valence-corrected chi connectivity index (χ1v) is 9.01. The molecule has 1 saturated heterocycles. The van der Waals surface area contributed by atoms with Crippen molar-refractivity contribution in [2.24, 2.45) is 0 Å². The van der Waals surface area contributed by atoms with Crippen LogP contribution in [0.4, 0.5) is 4.79 Å². The van der Waals surface area contributed by atoms with Crippen molar-refractivity contribution in [2.75, 3.05) is 13.2 Å². The lowest BCUT2D eigenvalue weighted by atomic mass is 10.1. The predicted octanol–water partition coefficient (Wildman–Crippen LogP) is 4.09. The van der Waals surface area contributed by atoms with Crippen LogP contribution >= 0.6 is 11.8 Å². The fourth-order valence-electron chi connectivity index (χ4n) is 2.62. The summed E-state index contributed by atoms with van der Waals surface area (Å²) >= 11 is 0.887. The summed E-state index contributed by atoms with van der Waals surface area (Å²) in [5.41, 5.74) is 3.05. The highest BCUT2D eigenvalue weighted by molar-refractivity contribution is 8.18. The van der Waals surface area contributed by atoms with E-state index in [1.807, 2.05) is 50.2 Å². The van der Waals surface area contributed by atoms with Gasteiger partial charge in [0.25, 0.3) is 11.1 Å². The maximum Gasteiger partial charge on any atom is 0.290 e. The minimum Gasteiger partial charge on any atom is -0.490 e. The molecule has 6 heteroatoms. The first-order chi connectivity index (χ1) is 12.5. The largest absolute Gasteiger partial charge is 0.490 e. The molecule has 5 nitrogen and oxygen atoms in total. The molecule has 0 bridgehead atoms. The molecule has 1 heterocycles. The highest BCUT2D eigenvalue weighted by atomic mass is 32.2. The van der Waals surface area contributed by atoms with Crippen molar-refractivity contribution in [3.05, 3.63) is 64.1 Å². The molecule has 2 aromatic rings. The van der Waals surface area contributed by atoms with Gasteiger partial charge in [-0.3, -0.25) is 14.9 Å². The van der Waals surface area contributed by atoms with Gasteiger partial charge in [-0.15, -0.1) is 0 Å². The van der Waals surface area contributed by atoms with E-state index in [0.29, 0.717) is 23.9 Å². The molecule has 3 rings (SSSR count). The van der Waals surface area contributed by atoms with Crippen molar-refractivity contribution in [1.82, 2.24) is 5.32 Å². The van der Waals surface area contributed by atoms with Crippen LogP contribution in [0, 0.1) is 13.8 Å². The van der Waals surface area contributed by atoms with Gasteiger partial charge < -0.3 is 9.47 Å². The molecule has 0 atom stereocenters. The average Bonchev–Trinajstić information content (AvgIpc) is 2.89. The molecule has 0 aromatic heterocycles. The number of hydrogen-bond donors (Lipinski definition) is 1. The Kier molecular flexibility index (Phi) is 5.63. The Morgan fingerprint density at radius 1 is 1.00 bits per heavy atom. The highest BCUT2D eigenvalue weighted by Gasteiger charge is 2.25. The number of nitrogens with one attached hydrogen (secondary N) is 1. The average molecular weight is 369 g/mol. The molecule has 0 unspecified atom stereocenters. The smallest absolute Gasteiger partial charge is 0.290 e. The number of amides is 2. The third-order valence-corrected chi connectivity index (χ3v) is 4.46. The van der Waals surface area contributed by atoms with E-state index in [1.54, 1.807) is 6.08 Å². The molecule has 2 aromatic carbocycles. The second-order valence-corrected chi connectivity index (χ2v) is 6.93. The molecule has 26 heavy (non-hydrogen) atoms. The van der Waals surface area contributed by atoms with Gasteiger partial charge in [0.05, 0.1) is 4.91 Å². The topological polar surface area (TPSA) is 64.6 Å². The Hall–Kier alpha value is -2.73. The zero-order valence-corrected chi connectivity index (χ0v) is 15.4. The molecule has 2 amide bonds. The lowest BCUT2D eigenvalue weighted by Crippen LogP contribution is -2.17. The minimum absolute atomic E-state index is 0.359. The summed E-state index contributed by atoms with van der Waals surface area (Å²) in [6, 6.07) is 13.4. The summed E-state index contributed by atoms with van der Waals surface area (Å²) in [4.78, 5) is 23.3. The van der Waals surface area contributed by atoms with E-state index in [9.17, 15) is 9.59 Å². The Balaban J connectivity index is 1.61. The van der Waals surface area contributed by atoms with Crippen LogP contribution in [0.25, 0.3) is 6.08 Å². The zero-order valence-electron chi connectivity index (χ0n) is 14.6. The van der Waals surface area contributed by atoms with E-state index in [2.05, 4.69) is 11.4 Å². The van der Waals surface area contributed by atoms with E-state index in [4.69, 9.17) is 9.47 Å². The van der Waals surface area contributed by atoms with E-state index in [1.165, 1.54) is 0 Å². The van der Waals surface area contributed by atoms with Gasteiger partial charge in [0.2, 0.25) is 0 Å². The molecule has 1 aliphatic rings. The second-order valence-electron chi connectivity index (χ2n) is 5.91. The number of rotatable bonds is 6. The molecular weight excluding hydrogens is 350 g/mol. The second kappa shape index (κ2) is 8.10. The standard InChI is InChI=1S/C20H19NO4S/c1-13-9-14(2)11-16(10-13)24-7-8-25-17-6-4-3-5-15(17)12-18-19(22)21-20(23)26-18/h3-6,9-12H,7-8H2,1-2H3,(H,21,22,23). The lowest BCUT2D eigenvalue weighted by molar-refractivity contribution is -0.115. The highest BCUT2D eigenvalue weighted by Crippen LogP contribution is 2.29. The van der Waals surface area contributed by atoms with Crippen LogP contribution in [-0.2, 0) is 4.79 Å². The molecule has 1 aliphatic heterocycles. The van der Waals surface area contributed by atoms with Gasteiger partial charge in [-0.05, 0) is 61.0 Å². The number of aryl methyl sites for hydroxylation is 2. The van der Waals surface area contributed by atoms with Crippen LogP contribution in [0.2, 0.25) is 0 Å². The van der Waals surface area contributed by atoms with Gasteiger partial charge in [0.1, 0.15) is 24.7 Å². The lowest BCUT2D eigenvalue weighted by Gasteiger charge is -2.11. The van der Waals surface area contributed by atoms with Gasteiger partial charge in [-0.2, -0.15) is 0 Å². The number of imide groups is 1. The minimum atomic E-state index is -0.382. The Bertz CT molecular complexity index is 856. The van der Waals surface area contributed by atoms with Crippen molar-refractivity contribution in [2.45, 2.75) is 13.8 Å². The normalized spacial score (nSPS) is 15.2. The van der Waals surface area contributed by atoms with Crippen LogP contribution in [0.5, 0.6) is 11.5 Å². The van der Waals surface area contributed by atoms with Gasteiger partial charge in [0, 0.05) is 5.56 Å². The molecule has 0 radical (unpaired) electrons. The fraction of sp³-hybridized carbons (Fsp3) is 0.200. The Morgan fingerprint density at radius 2 is 1.69 bits per heavy atom. The van der Waals surface area contributed by atoms with E-state index in [-0.39, 0.29) is 11.1 Å². The van der Waals surface area contributed by atoms with Crippen LogP contribution in [0.15, 0.2) is 47.4 Å². The quantitative estimate of drug-likeness (QED) is 0.614. The summed E-state index contributed by atoms with van der Waals surface area (Å²) in [7, 11) is 0. The molecular formula is C20H19NO4S. The summed E-state index contributed by atoms with van der Waals surface area (Å²) in [6.45, 7) is 4.83. The number of para-hydroxylation sites is 1. The summed E-state index contributed by atoms with van der Waals surface area (Å²) in [5, 5.41) is 1.88. The maximum absolute atomic E-state index is 11.7. The molecule has 0 saturated carbocycles. The third kappa shape index (κ3) is 4.67. The fourth-order valence-corrected chi connectivity index (χ4v) is 3.29. The summed E-state index contributed by atoms with van der Waals surface area (Å²) < 4.78 is 11.5. The zero-order chi connectivity index (χ0) is 18.5.